The van der Waals surface area contributed by atoms with E-state index < -0.39 is 12.1 Å². The Kier molecular flexibility index (Phi) is 6.53. The SMILES string of the molecule is CCn1c(SCC(=O)O[C@H](C)C(=O)c2cc(C)ccc2C)nnc1-c1ccco1. The Hall–Kier alpha value is -2.87. The van der Waals surface area contributed by atoms with Crippen molar-refractivity contribution in [1.82, 2.24) is 14.8 Å². The predicted molar refractivity (Wildman–Crippen MR) is 110 cm³/mol. The third kappa shape index (κ3) is 4.76. The van der Waals surface area contributed by atoms with Crippen LogP contribution < -0.4 is 0 Å². The molecule has 2 heterocycles. The van der Waals surface area contributed by atoms with Gasteiger partial charge in [-0.1, -0.05) is 29.5 Å². The lowest BCUT2D eigenvalue weighted by molar-refractivity contribution is -0.143. The lowest BCUT2D eigenvalue weighted by Gasteiger charge is -2.14. The molecule has 0 aliphatic carbocycles. The fraction of sp³-hybridized carbons (Fsp3) is 0.333. The van der Waals surface area contributed by atoms with Crippen molar-refractivity contribution in [2.45, 2.75) is 45.5 Å². The summed E-state index contributed by atoms with van der Waals surface area (Å²) < 4.78 is 12.6. The third-order valence-electron chi connectivity index (χ3n) is 4.43. The van der Waals surface area contributed by atoms with Crippen molar-refractivity contribution in [3.05, 3.63) is 53.3 Å². The summed E-state index contributed by atoms with van der Waals surface area (Å²) in [5.41, 5.74) is 2.42. The second-order valence-electron chi connectivity index (χ2n) is 6.63. The van der Waals surface area contributed by atoms with E-state index in [2.05, 4.69) is 10.2 Å². The molecule has 0 aliphatic rings. The van der Waals surface area contributed by atoms with Crippen LogP contribution in [0.15, 0.2) is 46.2 Å². The van der Waals surface area contributed by atoms with Gasteiger partial charge in [-0.05, 0) is 51.5 Å². The van der Waals surface area contributed by atoms with Gasteiger partial charge < -0.3 is 9.15 Å². The largest absolute Gasteiger partial charge is 0.461 e. The smallest absolute Gasteiger partial charge is 0.317 e. The third-order valence-corrected chi connectivity index (χ3v) is 5.37. The van der Waals surface area contributed by atoms with E-state index in [1.165, 1.54) is 11.8 Å². The Balaban J connectivity index is 1.61. The molecular formula is C21H23N3O4S. The molecule has 0 saturated carbocycles. The van der Waals surface area contributed by atoms with Crippen molar-refractivity contribution < 1.29 is 18.7 Å². The molecule has 0 radical (unpaired) electrons. The fourth-order valence-corrected chi connectivity index (χ4v) is 3.68. The van der Waals surface area contributed by atoms with Crippen LogP contribution in [0.25, 0.3) is 11.6 Å². The molecule has 0 unspecified atom stereocenters. The van der Waals surface area contributed by atoms with Gasteiger partial charge in [-0.2, -0.15) is 0 Å². The summed E-state index contributed by atoms with van der Waals surface area (Å²) in [7, 11) is 0. The Morgan fingerprint density at radius 2 is 2.03 bits per heavy atom. The number of carbonyl (C=O) groups is 2. The van der Waals surface area contributed by atoms with Crippen LogP contribution in [0, 0.1) is 13.8 Å². The molecule has 0 amide bonds. The molecule has 0 spiro atoms. The van der Waals surface area contributed by atoms with Crippen LogP contribution in [0.5, 0.6) is 0 Å². The van der Waals surface area contributed by atoms with Gasteiger partial charge in [0.2, 0.25) is 5.78 Å². The highest BCUT2D eigenvalue weighted by Gasteiger charge is 2.22. The predicted octanol–water partition coefficient (Wildman–Crippen LogP) is 4.08. The molecule has 0 aliphatic heterocycles. The second kappa shape index (κ2) is 9.09. The number of aromatic nitrogens is 3. The maximum atomic E-state index is 12.6. The standard InChI is InChI=1S/C21H23N3O4S/c1-5-24-20(17-7-6-10-27-17)22-23-21(24)29-12-18(25)28-15(4)19(26)16-11-13(2)8-9-14(16)3/h6-11,15H,5,12H2,1-4H3/t15-/m1/s1. The first-order valence-corrected chi connectivity index (χ1v) is 10.3. The van der Waals surface area contributed by atoms with Crippen LogP contribution >= 0.6 is 11.8 Å². The maximum Gasteiger partial charge on any atom is 0.317 e. The topological polar surface area (TPSA) is 87.2 Å². The van der Waals surface area contributed by atoms with Crippen LogP contribution in [-0.2, 0) is 16.1 Å². The molecule has 1 atom stereocenters. The van der Waals surface area contributed by atoms with Crippen molar-refractivity contribution in [3.8, 4) is 11.6 Å². The van der Waals surface area contributed by atoms with Gasteiger partial charge in [0.25, 0.3) is 0 Å². The molecule has 3 aromatic rings. The zero-order valence-corrected chi connectivity index (χ0v) is 17.7. The van der Waals surface area contributed by atoms with Crippen LogP contribution in [0.4, 0.5) is 0 Å². The number of thioether (sulfide) groups is 1. The minimum absolute atomic E-state index is 0.0285. The van der Waals surface area contributed by atoms with Gasteiger partial charge in [0.1, 0.15) is 0 Å². The molecule has 0 fully saturated rings. The molecule has 29 heavy (non-hydrogen) atoms. The lowest BCUT2D eigenvalue weighted by atomic mass is 9.99. The maximum absolute atomic E-state index is 12.6. The van der Waals surface area contributed by atoms with Crippen molar-refractivity contribution in [1.29, 1.82) is 0 Å². The van der Waals surface area contributed by atoms with Crippen molar-refractivity contribution >= 4 is 23.5 Å². The van der Waals surface area contributed by atoms with Gasteiger partial charge in [0.15, 0.2) is 22.8 Å². The summed E-state index contributed by atoms with van der Waals surface area (Å²) in [5, 5.41) is 8.87. The highest BCUT2D eigenvalue weighted by atomic mass is 32.2. The molecule has 0 bridgehead atoms. The Morgan fingerprint density at radius 3 is 2.72 bits per heavy atom. The van der Waals surface area contributed by atoms with E-state index in [9.17, 15) is 9.59 Å². The number of esters is 1. The van der Waals surface area contributed by atoms with Crippen LogP contribution in [-0.4, -0.2) is 38.4 Å². The highest BCUT2D eigenvalue weighted by molar-refractivity contribution is 7.99. The van der Waals surface area contributed by atoms with E-state index in [-0.39, 0.29) is 11.5 Å². The van der Waals surface area contributed by atoms with Crippen LogP contribution in [0.3, 0.4) is 0 Å². The molecule has 7 nitrogen and oxygen atoms in total. The average Bonchev–Trinajstić information content (AvgIpc) is 3.36. The average molecular weight is 413 g/mol. The van der Waals surface area contributed by atoms with E-state index >= 15 is 0 Å². The van der Waals surface area contributed by atoms with E-state index in [0.29, 0.717) is 28.8 Å². The molecular weight excluding hydrogens is 390 g/mol. The number of furan rings is 1. The molecule has 0 N–H and O–H groups in total. The van der Waals surface area contributed by atoms with E-state index in [1.54, 1.807) is 25.3 Å². The molecule has 152 valence electrons. The summed E-state index contributed by atoms with van der Waals surface area (Å²) >= 11 is 1.21. The monoisotopic (exact) mass is 413 g/mol. The summed E-state index contributed by atoms with van der Waals surface area (Å²) in [4.78, 5) is 24.9. The summed E-state index contributed by atoms with van der Waals surface area (Å²) in [6.45, 7) is 7.97. The number of rotatable bonds is 8. The van der Waals surface area contributed by atoms with Crippen molar-refractivity contribution in [3.63, 3.8) is 0 Å². The fourth-order valence-electron chi connectivity index (χ4n) is 2.90. The van der Waals surface area contributed by atoms with Gasteiger partial charge in [0.05, 0.1) is 12.0 Å². The van der Waals surface area contributed by atoms with E-state index in [1.807, 2.05) is 43.5 Å². The Labute approximate surface area is 173 Å². The van der Waals surface area contributed by atoms with Gasteiger partial charge in [-0.3, -0.25) is 14.2 Å². The molecule has 3 rings (SSSR count). The van der Waals surface area contributed by atoms with Gasteiger partial charge in [-0.25, -0.2) is 0 Å². The number of aryl methyl sites for hydroxylation is 2. The van der Waals surface area contributed by atoms with Crippen molar-refractivity contribution in [2.24, 2.45) is 0 Å². The Morgan fingerprint density at radius 1 is 1.24 bits per heavy atom. The number of hydrogen-bond acceptors (Lipinski definition) is 7. The second-order valence-corrected chi connectivity index (χ2v) is 7.57. The number of ketones is 1. The first-order valence-electron chi connectivity index (χ1n) is 9.31. The molecule has 0 saturated heterocycles. The molecule has 8 heteroatoms. The number of nitrogens with zero attached hydrogens (tertiary/aromatic N) is 3. The highest BCUT2D eigenvalue weighted by Crippen LogP contribution is 2.24. The zero-order chi connectivity index (χ0) is 21.0. The van der Waals surface area contributed by atoms with E-state index in [0.717, 1.165) is 11.1 Å². The minimum atomic E-state index is -0.855. The van der Waals surface area contributed by atoms with Gasteiger partial charge in [0, 0.05) is 12.1 Å². The van der Waals surface area contributed by atoms with E-state index in [4.69, 9.17) is 9.15 Å². The number of ether oxygens (including phenoxy) is 1. The quantitative estimate of drug-likeness (QED) is 0.312. The zero-order valence-electron chi connectivity index (χ0n) is 16.8. The minimum Gasteiger partial charge on any atom is -0.461 e. The first-order chi connectivity index (χ1) is 13.9. The first kappa shape index (κ1) is 20.9. The summed E-state index contributed by atoms with van der Waals surface area (Å²) in [6, 6.07) is 9.24. The summed E-state index contributed by atoms with van der Waals surface area (Å²) in [6.07, 6.45) is 0.717. The number of hydrogen-bond donors (Lipinski definition) is 0. The Bertz CT molecular complexity index is 1010. The van der Waals surface area contributed by atoms with Crippen LogP contribution in [0.2, 0.25) is 0 Å². The number of Topliss-reactive ketones (excluding diaryl/α,β-unsaturated/α-hetero) is 1. The molecule has 2 aromatic heterocycles. The summed E-state index contributed by atoms with van der Waals surface area (Å²) in [5.74, 6) is 0.557. The van der Waals surface area contributed by atoms with Crippen molar-refractivity contribution in [2.75, 3.05) is 5.75 Å². The van der Waals surface area contributed by atoms with Gasteiger partial charge in [-0.15, -0.1) is 10.2 Å². The number of carbonyl (C=O) groups excluding carboxylic acids is 2. The van der Waals surface area contributed by atoms with Gasteiger partial charge >= 0.3 is 5.97 Å². The van der Waals surface area contributed by atoms with Crippen LogP contribution in [0.1, 0.15) is 35.3 Å². The lowest BCUT2D eigenvalue weighted by Crippen LogP contribution is -2.26. The normalized spacial score (nSPS) is 12.0. The number of benzene rings is 1. The molecule has 1 aromatic carbocycles.